The first-order valence-corrected chi connectivity index (χ1v) is 8.12. The molecule has 0 saturated carbocycles. The Morgan fingerprint density at radius 3 is 3.00 bits per heavy atom. The van der Waals surface area contributed by atoms with Gasteiger partial charge in [-0.15, -0.1) is 0 Å². The van der Waals surface area contributed by atoms with Crippen LogP contribution in [0.4, 0.5) is 5.13 Å². The van der Waals surface area contributed by atoms with E-state index in [2.05, 4.69) is 42.2 Å². The van der Waals surface area contributed by atoms with E-state index in [1.54, 1.807) is 6.07 Å². The number of anilines is 1. The Bertz CT molecular complexity index is 602. The monoisotopic (exact) mass is 410 g/mol. The summed E-state index contributed by atoms with van der Waals surface area (Å²) in [6.07, 6.45) is 0.728. The number of rotatable bonds is 3. The molecule has 2 rings (SSSR count). The number of hydrogen-bond donors (Lipinski definition) is 1. The maximum Gasteiger partial charge on any atom is 0.239 e. The Balaban J connectivity index is 2.31. The first kappa shape index (κ1) is 14.2. The molecular weight excluding hydrogens is 403 g/mol. The second-order valence-electron chi connectivity index (χ2n) is 3.62. The molecule has 0 fully saturated rings. The van der Waals surface area contributed by atoms with Crippen LogP contribution in [0.15, 0.2) is 16.6 Å². The van der Waals surface area contributed by atoms with Crippen molar-refractivity contribution in [3.05, 3.63) is 21.6 Å². The van der Waals surface area contributed by atoms with Crippen molar-refractivity contribution in [1.82, 2.24) is 4.98 Å². The predicted molar refractivity (Wildman–Crippen MR) is 84.0 cm³/mol. The van der Waals surface area contributed by atoms with Crippen molar-refractivity contribution in [2.24, 2.45) is 0 Å². The Labute approximate surface area is 130 Å². The summed E-state index contributed by atoms with van der Waals surface area (Å²) in [5.74, 6) is -0.0845. The summed E-state index contributed by atoms with van der Waals surface area (Å²) >= 11 is 14.1. The van der Waals surface area contributed by atoms with E-state index in [0.29, 0.717) is 10.2 Å². The number of thiazole rings is 1. The van der Waals surface area contributed by atoms with Gasteiger partial charge in [0.05, 0.1) is 15.0 Å². The van der Waals surface area contributed by atoms with Crippen molar-refractivity contribution in [3.63, 3.8) is 0 Å². The van der Waals surface area contributed by atoms with Crippen LogP contribution in [0, 0.1) is 0 Å². The summed E-state index contributed by atoms with van der Waals surface area (Å²) in [5, 5.41) is 4.01. The maximum atomic E-state index is 11.7. The highest BCUT2D eigenvalue weighted by Gasteiger charge is 2.15. The molecule has 0 saturated heterocycles. The van der Waals surface area contributed by atoms with Crippen molar-refractivity contribution < 1.29 is 4.79 Å². The number of carbonyl (C=O) groups is 1. The molecule has 3 nitrogen and oxygen atoms in total. The van der Waals surface area contributed by atoms with Gasteiger partial charge in [0.25, 0.3) is 0 Å². The molecule has 1 atom stereocenters. The highest BCUT2D eigenvalue weighted by atomic mass is 79.9. The molecule has 1 heterocycles. The minimum Gasteiger partial charge on any atom is -0.301 e. The molecule has 18 heavy (non-hydrogen) atoms. The molecular formula is C11H9Br2ClN2OS. The van der Waals surface area contributed by atoms with Crippen LogP contribution in [-0.4, -0.2) is 15.7 Å². The fourth-order valence-corrected chi connectivity index (χ4v) is 3.52. The van der Waals surface area contributed by atoms with E-state index in [9.17, 15) is 4.79 Å². The quantitative estimate of drug-likeness (QED) is 0.734. The first-order chi connectivity index (χ1) is 8.51. The molecule has 0 aliphatic heterocycles. The van der Waals surface area contributed by atoms with Crippen LogP contribution < -0.4 is 5.32 Å². The van der Waals surface area contributed by atoms with E-state index in [0.717, 1.165) is 21.1 Å². The zero-order valence-corrected chi connectivity index (χ0v) is 14.1. The third-order valence-corrected chi connectivity index (χ3v) is 5.09. The lowest BCUT2D eigenvalue weighted by Gasteiger charge is -2.04. The number of benzene rings is 1. The van der Waals surface area contributed by atoms with Gasteiger partial charge in [0, 0.05) is 9.50 Å². The topological polar surface area (TPSA) is 42.0 Å². The molecule has 2 aromatic rings. The van der Waals surface area contributed by atoms with Crippen molar-refractivity contribution in [2.75, 3.05) is 5.32 Å². The van der Waals surface area contributed by atoms with E-state index >= 15 is 0 Å². The van der Waals surface area contributed by atoms with Gasteiger partial charge in [0.2, 0.25) is 5.91 Å². The van der Waals surface area contributed by atoms with Gasteiger partial charge in [-0.3, -0.25) is 4.79 Å². The lowest BCUT2D eigenvalue weighted by molar-refractivity contribution is -0.115. The number of hydrogen-bond acceptors (Lipinski definition) is 3. The number of carbonyl (C=O) groups excluding carboxylic acids is 1. The molecule has 0 spiro atoms. The fourth-order valence-electron chi connectivity index (χ4n) is 1.38. The first-order valence-electron chi connectivity index (χ1n) is 5.21. The zero-order chi connectivity index (χ0) is 13.3. The molecule has 7 heteroatoms. The Kier molecular flexibility index (Phi) is 4.64. The molecule has 96 valence electrons. The van der Waals surface area contributed by atoms with Crippen LogP contribution >= 0.6 is 54.8 Å². The van der Waals surface area contributed by atoms with Crippen molar-refractivity contribution in [3.8, 4) is 0 Å². The number of amides is 1. The lowest BCUT2D eigenvalue weighted by atomic mass is 10.3. The molecule has 0 aliphatic carbocycles. The minimum absolute atomic E-state index is 0.0845. The van der Waals surface area contributed by atoms with Crippen molar-refractivity contribution in [2.45, 2.75) is 18.2 Å². The maximum absolute atomic E-state index is 11.7. The Morgan fingerprint density at radius 1 is 1.61 bits per heavy atom. The smallest absolute Gasteiger partial charge is 0.239 e. The molecule has 1 aromatic carbocycles. The number of nitrogens with one attached hydrogen (secondary N) is 1. The van der Waals surface area contributed by atoms with E-state index in [1.807, 2.05) is 13.0 Å². The van der Waals surface area contributed by atoms with E-state index < -0.39 is 0 Å². The molecule has 0 radical (unpaired) electrons. The number of fused-ring (bicyclic) bond motifs is 1. The van der Waals surface area contributed by atoms with Gasteiger partial charge in [-0.05, 0) is 34.5 Å². The molecule has 0 aliphatic rings. The predicted octanol–water partition coefficient (Wildman–Crippen LogP) is 4.82. The minimum atomic E-state index is -0.198. The van der Waals surface area contributed by atoms with Gasteiger partial charge in [0.1, 0.15) is 0 Å². The number of alkyl halides is 1. The molecule has 1 N–H and O–H groups in total. The SMILES string of the molecule is CC[C@H](Br)C(=O)Nc1nc2c(Br)cc(Cl)cc2s1. The highest BCUT2D eigenvalue weighted by molar-refractivity contribution is 9.10. The van der Waals surface area contributed by atoms with Crippen LogP contribution in [0.3, 0.4) is 0 Å². The molecule has 1 amide bonds. The zero-order valence-electron chi connectivity index (χ0n) is 9.34. The average molecular weight is 413 g/mol. The largest absolute Gasteiger partial charge is 0.301 e. The van der Waals surface area contributed by atoms with Gasteiger partial charge in [-0.25, -0.2) is 4.98 Å². The molecule has 0 bridgehead atoms. The van der Waals surface area contributed by atoms with Crippen molar-refractivity contribution >= 4 is 76.1 Å². The van der Waals surface area contributed by atoms with E-state index in [1.165, 1.54) is 11.3 Å². The Hall–Kier alpha value is -0.170. The van der Waals surface area contributed by atoms with Gasteiger partial charge in [0.15, 0.2) is 5.13 Å². The Morgan fingerprint density at radius 2 is 2.33 bits per heavy atom. The summed E-state index contributed by atoms with van der Waals surface area (Å²) in [5.41, 5.74) is 0.808. The second kappa shape index (κ2) is 5.86. The van der Waals surface area contributed by atoms with Crippen LogP contribution in [0.5, 0.6) is 0 Å². The molecule has 1 aromatic heterocycles. The summed E-state index contributed by atoms with van der Waals surface area (Å²) in [6.45, 7) is 1.94. The second-order valence-corrected chi connectivity index (χ2v) is 7.05. The third-order valence-electron chi connectivity index (χ3n) is 2.29. The number of halogens is 3. The summed E-state index contributed by atoms with van der Waals surface area (Å²) in [6, 6.07) is 3.62. The fraction of sp³-hybridized carbons (Fsp3) is 0.273. The number of aromatic nitrogens is 1. The van der Waals surface area contributed by atoms with Crippen molar-refractivity contribution in [1.29, 1.82) is 0 Å². The standard InChI is InChI=1S/C11H9Br2ClN2OS/c1-2-6(12)10(17)16-11-15-9-7(13)3-5(14)4-8(9)18-11/h3-4,6H,2H2,1H3,(H,15,16,17)/t6-/m0/s1. The summed E-state index contributed by atoms with van der Waals surface area (Å²) < 4.78 is 1.76. The van der Waals surface area contributed by atoms with Crippen LogP contribution in [0.25, 0.3) is 10.2 Å². The normalized spacial score (nSPS) is 12.7. The average Bonchev–Trinajstić information content (AvgIpc) is 2.70. The van der Waals surface area contributed by atoms with Gasteiger partial charge in [-0.1, -0.05) is 45.8 Å². The highest BCUT2D eigenvalue weighted by Crippen LogP contribution is 2.34. The van der Waals surface area contributed by atoms with E-state index in [4.69, 9.17) is 11.6 Å². The van der Waals surface area contributed by atoms with E-state index in [-0.39, 0.29) is 10.7 Å². The van der Waals surface area contributed by atoms with Gasteiger partial charge < -0.3 is 5.32 Å². The van der Waals surface area contributed by atoms with Crippen LogP contribution in [0.2, 0.25) is 5.02 Å². The van der Waals surface area contributed by atoms with Gasteiger partial charge >= 0.3 is 0 Å². The lowest BCUT2D eigenvalue weighted by Crippen LogP contribution is -2.21. The number of nitrogens with zero attached hydrogens (tertiary/aromatic N) is 1. The summed E-state index contributed by atoms with van der Waals surface area (Å²) in [7, 11) is 0. The third kappa shape index (κ3) is 3.04. The van der Waals surface area contributed by atoms with Crippen LogP contribution in [0.1, 0.15) is 13.3 Å². The summed E-state index contributed by atoms with van der Waals surface area (Å²) in [4.78, 5) is 15.9. The molecule has 0 unspecified atom stereocenters. The van der Waals surface area contributed by atoms with Gasteiger partial charge in [-0.2, -0.15) is 0 Å². The van der Waals surface area contributed by atoms with Crippen LogP contribution in [-0.2, 0) is 4.79 Å².